The highest BCUT2D eigenvalue weighted by atomic mass is 32.1. The van der Waals surface area contributed by atoms with Crippen molar-refractivity contribution in [1.82, 2.24) is 0 Å². The van der Waals surface area contributed by atoms with Gasteiger partial charge in [0.1, 0.15) is 6.29 Å². The number of carbonyl (C=O) groups is 1. The summed E-state index contributed by atoms with van der Waals surface area (Å²) >= 11 is 4.01. The highest BCUT2D eigenvalue weighted by molar-refractivity contribution is 7.80. The number of aldehydes is 1. The maximum Gasteiger partial charge on any atom is 0.123 e. The highest BCUT2D eigenvalue weighted by Crippen LogP contribution is 2.04. The van der Waals surface area contributed by atoms with Crippen molar-refractivity contribution in [2.75, 3.05) is 5.75 Å². The number of thiol groups is 1. The van der Waals surface area contributed by atoms with Crippen LogP contribution in [0.4, 0.5) is 0 Å². The van der Waals surface area contributed by atoms with Gasteiger partial charge in [0.15, 0.2) is 0 Å². The third-order valence-electron chi connectivity index (χ3n) is 1.22. The Morgan fingerprint density at radius 2 is 2.38 bits per heavy atom. The summed E-state index contributed by atoms with van der Waals surface area (Å²) in [5, 5.41) is 0. The zero-order chi connectivity index (χ0) is 6.41. The third-order valence-corrected chi connectivity index (χ3v) is 1.47. The monoisotopic (exact) mass is 132 g/mol. The van der Waals surface area contributed by atoms with E-state index in [-0.39, 0.29) is 5.92 Å². The number of carbonyl (C=O) groups excluding carboxylic acids is 1. The second-order valence-electron chi connectivity index (χ2n) is 1.82. The van der Waals surface area contributed by atoms with Crippen LogP contribution in [0.3, 0.4) is 0 Å². The average Bonchev–Trinajstić information content (AvgIpc) is 1.83. The fourth-order valence-electron chi connectivity index (χ4n) is 0.534. The van der Waals surface area contributed by atoms with E-state index in [1.54, 1.807) is 0 Å². The lowest BCUT2D eigenvalue weighted by molar-refractivity contribution is -0.111. The minimum absolute atomic E-state index is 0.243. The van der Waals surface area contributed by atoms with Crippen molar-refractivity contribution in [1.29, 1.82) is 0 Å². The molecule has 1 nitrogen and oxygen atoms in total. The molecule has 0 aromatic rings. The molecule has 1 unspecified atom stereocenters. The molecule has 0 heterocycles. The fourth-order valence-corrected chi connectivity index (χ4v) is 0.866. The molecule has 0 bridgehead atoms. The topological polar surface area (TPSA) is 17.1 Å². The average molecular weight is 132 g/mol. The van der Waals surface area contributed by atoms with Gasteiger partial charge in [-0.15, -0.1) is 0 Å². The minimum Gasteiger partial charge on any atom is -0.303 e. The van der Waals surface area contributed by atoms with Crippen LogP contribution in [0.1, 0.15) is 19.8 Å². The van der Waals surface area contributed by atoms with Crippen LogP contribution in [0.25, 0.3) is 0 Å². The van der Waals surface area contributed by atoms with E-state index in [0.29, 0.717) is 0 Å². The van der Waals surface area contributed by atoms with Crippen molar-refractivity contribution in [3.05, 3.63) is 0 Å². The van der Waals surface area contributed by atoms with Gasteiger partial charge in [0.25, 0.3) is 0 Å². The van der Waals surface area contributed by atoms with E-state index in [1.165, 1.54) is 0 Å². The van der Waals surface area contributed by atoms with Crippen LogP contribution < -0.4 is 0 Å². The highest BCUT2D eigenvalue weighted by Gasteiger charge is 1.99. The summed E-state index contributed by atoms with van der Waals surface area (Å²) in [6.45, 7) is 2.02. The Bertz CT molecular complexity index is 63.5. The van der Waals surface area contributed by atoms with Crippen LogP contribution in [0.5, 0.6) is 0 Å². The number of hydrogen-bond donors (Lipinski definition) is 1. The van der Waals surface area contributed by atoms with E-state index < -0.39 is 0 Å². The van der Waals surface area contributed by atoms with Gasteiger partial charge in [-0.25, -0.2) is 0 Å². The van der Waals surface area contributed by atoms with E-state index in [4.69, 9.17) is 0 Å². The van der Waals surface area contributed by atoms with Gasteiger partial charge in [0, 0.05) is 5.92 Å². The van der Waals surface area contributed by atoms with E-state index in [0.717, 1.165) is 24.9 Å². The van der Waals surface area contributed by atoms with Crippen molar-refractivity contribution in [3.63, 3.8) is 0 Å². The SMILES string of the molecule is CCC(C=O)CCS. The summed E-state index contributed by atoms with van der Waals surface area (Å²) in [4.78, 5) is 10.1. The molecule has 1 atom stereocenters. The first-order chi connectivity index (χ1) is 3.85. The molecule has 0 aromatic carbocycles. The molecule has 0 amide bonds. The molecule has 48 valence electrons. The first-order valence-electron chi connectivity index (χ1n) is 2.91. The first-order valence-corrected chi connectivity index (χ1v) is 3.54. The molecule has 0 aliphatic heterocycles. The fraction of sp³-hybridized carbons (Fsp3) is 0.833. The molecular formula is C6H12OS. The summed E-state index contributed by atoms with van der Waals surface area (Å²) in [6, 6.07) is 0. The molecule has 0 radical (unpaired) electrons. The molecule has 0 rings (SSSR count). The molecule has 0 fully saturated rings. The Hall–Kier alpha value is 0.0200. The Balaban J connectivity index is 3.21. The molecule has 0 aliphatic carbocycles. The standard InChI is InChI=1S/C6H12OS/c1-2-6(5-7)3-4-8/h5-6,8H,2-4H2,1H3. The first kappa shape index (κ1) is 8.02. The van der Waals surface area contributed by atoms with Gasteiger partial charge >= 0.3 is 0 Å². The Labute approximate surface area is 55.9 Å². The van der Waals surface area contributed by atoms with Gasteiger partial charge in [-0.2, -0.15) is 12.6 Å². The van der Waals surface area contributed by atoms with E-state index in [1.807, 2.05) is 6.92 Å². The van der Waals surface area contributed by atoms with Gasteiger partial charge in [-0.1, -0.05) is 6.92 Å². The molecule has 0 spiro atoms. The molecule has 2 heteroatoms. The Morgan fingerprint density at radius 1 is 1.75 bits per heavy atom. The number of hydrogen-bond acceptors (Lipinski definition) is 2. The van der Waals surface area contributed by atoms with Crippen LogP contribution in [0, 0.1) is 5.92 Å². The summed E-state index contributed by atoms with van der Waals surface area (Å²) < 4.78 is 0. The molecule has 0 aliphatic rings. The van der Waals surface area contributed by atoms with Crippen molar-refractivity contribution < 1.29 is 4.79 Å². The van der Waals surface area contributed by atoms with Crippen LogP contribution >= 0.6 is 12.6 Å². The molecule has 0 N–H and O–H groups in total. The second-order valence-corrected chi connectivity index (χ2v) is 2.26. The van der Waals surface area contributed by atoms with Crippen LogP contribution in [0.15, 0.2) is 0 Å². The van der Waals surface area contributed by atoms with Crippen LogP contribution in [-0.4, -0.2) is 12.0 Å². The van der Waals surface area contributed by atoms with Gasteiger partial charge in [-0.05, 0) is 18.6 Å². The maximum absolute atomic E-state index is 10.1. The Kier molecular flexibility index (Phi) is 5.18. The summed E-state index contributed by atoms with van der Waals surface area (Å²) in [6.07, 6.45) is 2.88. The minimum atomic E-state index is 0.243. The normalized spacial score (nSPS) is 13.2. The van der Waals surface area contributed by atoms with Crippen molar-refractivity contribution in [3.8, 4) is 0 Å². The Morgan fingerprint density at radius 3 is 2.50 bits per heavy atom. The van der Waals surface area contributed by atoms with Gasteiger partial charge in [-0.3, -0.25) is 0 Å². The largest absolute Gasteiger partial charge is 0.303 e. The lowest BCUT2D eigenvalue weighted by atomic mass is 10.1. The zero-order valence-electron chi connectivity index (χ0n) is 5.13. The van der Waals surface area contributed by atoms with Gasteiger partial charge < -0.3 is 4.79 Å². The molecule has 0 aromatic heterocycles. The van der Waals surface area contributed by atoms with Crippen molar-refractivity contribution in [2.45, 2.75) is 19.8 Å². The van der Waals surface area contributed by atoms with Gasteiger partial charge in [0.2, 0.25) is 0 Å². The van der Waals surface area contributed by atoms with Crippen molar-refractivity contribution in [2.24, 2.45) is 5.92 Å². The lowest BCUT2D eigenvalue weighted by Crippen LogP contribution is -1.99. The van der Waals surface area contributed by atoms with Gasteiger partial charge in [0.05, 0.1) is 0 Å². The summed E-state index contributed by atoms with van der Waals surface area (Å²) in [5.74, 6) is 1.06. The molecular weight excluding hydrogens is 120 g/mol. The lowest BCUT2D eigenvalue weighted by Gasteiger charge is -2.00. The molecule has 0 saturated heterocycles. The predicted octanol–water partition coefficient (Wildman–Crippen LogP) is 1.53. The zero-order valence-corrected chi connectivity index (χ0v) is 6.03. The second kappa shape index (κ2) is 5.16. The predicted molar refractivity (Wildman–Crippen MR) is 38.3 cm³/mol. The smallest absolute Gasteiger partial charge is 0.123 e. The third kappa shape index (κ3) is 3.08. The summed E-state index contributed by atoms with van der Waals surface area (Å²) in [7, 11) is 0. The quantitative estimate of drug-likeness (QED) is 0.453. The van der Waals surface area contributed by atoms with E-state index >= 15 is 0 Å². The summed E-state index contributed by atoms with van der Waals surface area (Å²) in [5.41, 5.74) is 0. The van der Waals surface area contributed by atoms with E-state index in [2.05, 4.69) is 12.6 Å². The van der Waals surface area contributed by atoms with Crippen LogP contribution in [0.2, 0.25) is 0 Å². The van der Waals surface area contributed by atoms with E-state index in [9.17, 15) is 4.79 Å². The van der Waals surface area contributed by atoms with Crippen molar-refractivity contribution >= 4 is 18.9 Å². The number of rotatable bonds is 4. The maximum atomic E-state index is 10.1. The van der Waals surface area contributed by atoms with Crippen LogP contribution in [-0.2, 0) is 4.79 Å². The molecule has 0 saturated carbocycles. The molecule has 8 heavy (non-hydrogen) atoms.